The van der Waals surface area contributed by atoms with Crippen molar-refractivity contribution < 1.29 is 28.0 Å². The molecule has 0 radical (unpaired) electrons. The number of amides is 2. The van der Waals surface area contributed by atoms with E-state index >= 15 is 0 Å². The molecule has 1 aromatic heterocycles. The van der Waals surface area contributed by atoms with E-state index in [9.17, 15) is 14.0 Å². The van der Waals surface area contributed by atoms with E-state index in [0.29, 0.717) is 61.1 Å². The van der Waals surface area contributed by atoms with Gasteiger partial charge in [0.15, 0.2) is 6.61 Å². The van der Waals surface area contributed by atoms with Gasteiger partial charge in [-0.05, 0) is 48.5 Å². The van der Waals surface area contributed by atoms with Crippen LogP contribution in [0.4, 0.5) is 9.18 Å². The molecule has 2 aromatic carbocycles. The maximum atomic E-state index is 13.1. The van der Waals surface area contributed by atoms with Crippen LogP contribution < -0.4 is 10.1 Å². The molecule has 10 heteroatoms. The van der Waals surface area contributed by atoms with Crippen molar-refractivity contribution in [2.75, 3.05) is 26.2 Å². The lowest BCUT2D eigenvalue weighted by Gasteiger charge is -2.37. The molecule has 2 fully saturated rings. The molecule has 0 saturated carbocycles. The lowest BCUT2D eigenvalue weighted by Crippen LogP contribution is -2.49. The molecule has 2 aliphatic rings. The molecule has 0 atom stereocenters. The summed E-state index contributed by atoms with van der Waals surface area (Å²) in [5, 5.41) is 6.62. The van der Waals surface area contributed by atoms with Gasteiger partial charge >= 0.3 is 6.09 Å². The second-order valence-corrected chi connectivity index (χ2v) is 8.05. The van der Waals surface area contributed by atoms with Crippen LogP contribution in [0.2, 0.25) is 0 Å². The third kappa shape index (κ3) is 4.50. The Bertz CT molecular complexity index is 1150. The predicted molar refractivity (Wildman–Crippen MR) is 114 cm³/mol. The number of hydrogen-bond acceptors (Lipinski definition) is 7. The van der Waals surface area contributed by atoms with E-state index in [1.807, 2.05) is 0 Å². The van der Waals surface area contributed by atoms with E-state index in [1.54, 1.807) is 41.3 Å². The number of likely N-dealkylation sites (tertiary alicyclic amines) is 1. The van der Waals surface area contributed by atoms with E-state index in [4.69, 9.17) is 14.0 Å². The lowest BCUT2D eigenvalue weighted by molar-refractivity contribution is -0.136. The first kappa shape index (κ1) is 20.9. The van der Waals surface area contributed by atoms with Gasteiger partial charge in [0.2, 0.25) is 5.82 Å². The highest BCUT2D eigenvalue weighted by atomic mass is 19.1. The first-order valence-electron chi connectivity index (χ1n) is 10.6. The van der Waals surface area contributed by atoms with Crippen molar-refractivity contribution in [3.05, 3.63) is 54.3 Å². The Morgan fingerprint density at radius 1 is 1.09 bits per heavy atom. The zero-order valence-corrected chi connectivity index (χ0v) is 17.6. The topological polar surface area (TPSA) is 107 Å². The highest BCUT2D eigenvalue weighted by Gasteiger charge is 2.43. The molecule has 0 bridgehead atoms. The number of hydrogen-bond donors (Lipinski definition) is 1. The second kappa shape index (κ2) is 8.53. The third-order valence-corrected chi connectivity index (χ3v) is 5.88. The molecule has 1 N–H and O–H groups in total. The van der Waals surface area contributed by atoms with Gasteiger partial charge in [-0.15, -0.1) is 0 Å². The van der Waals surface area contributed by atoms with E-state index < -0.39 is 11.7 Å². The number of benzene rings is 2. The summed E-state index contributed by atoms with van der Waals surface area (Å²) < 4.78 is 29.4. The number of rotatable bonds is 5. The van der Waals surface area contributed by atoms with Crippen LogP contribution in [0.15, 0.2) is 53.1 Å². The molecule has 1 spiro atoms. The number of aromatic nitrogens is 2. The highest BCUT2D eigenvalue weighted by molar-refractivity contribution is 5.78. The summed E-state index contributed by atoms with van der Waals surface area (Å²) in [4.78, 5) is 29.9. The number of nitrogens with zero attached hydrogens (tertiary/aromatic N) is 3. The zero-order chi connectivity index (χ0) is 22.8. The van der Waals surface area contributed by atoms with E-state index in [1.165, 1.54) is 12.1 Å². The van der Waals surface area contributed by atoms with Crippen molar-refractivity contribution in [1.29, 1.82) is 0 Å². The van der Waals surface area contributed by atoms with Crippen molar-refractivity contribution in [2.24, 2.45) is 0 Å². The predicted octanol–water partition coefficient (Wildman–Crippen LogP) is 3.02. The summed E-state index contributed by atoms with van der Waals surface area (Å²) in [5.41, 5.74) is 0.849. The van der Waals surface area contributed by atoms with Gasteiger partial charge in [-0.25, -0.2) is 9.18 Å². The molecule has 5 rings (SSSR count). The SMILES string of the molecule is O=C1NCC2(CCN(C(=O)COc3ccc(-c4nc(-c5ccc(F)cc5)no4)cc3)CC2)O1. The Balaban J connectivity index is 1.14. The van der Waals surface area contributed by atoms with Crippen LogP contribution in [-0.2, 0) is 9.53 Å². The molecule has 3 heterocycles. The van der Waals surface area contributed by atoms with Crippen LogP contribution in [0, 0.1) is 5.82 Å². The van der Waals surface area contributed by atoms with Gasteiger partial charge in [-0.3, -0.25) is 4.79 Å². The number of carbonyl (C=O) groups is 2. The zero-order valence-electron chi connectivity index (χ0n) is 17.6. The monoisotopic (exact) mass is 452 g/mol. The fourth-order valence-electron chi connectivity index (χ4n) is 3.93. The molecular weight excluding hydrogens is 431 g/mol. The Morgan fingerprint density at radius 2 is 1.79 bits per heavy atom. The van der Waals surface area contributed by atoms with Crippen molar-refractivity contribution in [1.82, 2.24) is 20.4 Å². The number of nitrogens with one attached hydrogen (secondary N) is 1. The minimum atomic E-state index is -0.490. The molecule has 33 heavy (non-hydrogen) atoms. The molecule has 2 amide bonds. The molecule has 3 aromatic rings. The lowest BCUT2D eigenvalue weighted by atomic mass is 9.91. The van der Waals surface area contributed by atoms with Gasteiger partial charge in [0.05, 0.1) is 6.54 Å². The van der Waals surface area contributed by atoms with E-state index in [-0.39, 0.29) is 18.3 Å². The standard InChI is InChI=1S/C23H21FN4O5/c24-17-5-1-15(2-6-17)20-26-21(33-27-20)16-3-7-18(8-4-16)31-13-19(29)28-11-9-23(10-12-28)14-25-22(30)32-23/h1-8H,9-14H2,(H,25,30). The van der Waals surface area contributed by atoms with Crippen LogP contribution in [-0.4, -0.2) is 58.9 Å². The van der Waals surface area contributed by atoms with Gasteiger partial charge in [-0.1, -0.05) is 5.16 Å². The fraction of sp³-hybridized carbons (Fsp3) is 0.304. The van der Waals surface area contributed by atoms with Crippen LogP contribution in [0.5, 0.6) is 5.75 Å². The van der Waals surface area contributed by atoms with Gasteiger partial charge < -0.3 is 24.2 Å². The minimum absolute atomic E-state index is 0.0837. The van der Waals surface area contributed by atoms with Crippen LogP contribution in [0.25, 0.3) is 22.8 Å². The smallest absolute Gasteiger partial charge is 0.407 e. The molecular formula is C23H21FN4O5. The van der Waals surface area contributed by atoms with E-state index in [0.717, 1.165) is 0 Å². The molecule has 9 nitrogen and oxygen atoms in total. The highest BCUT2D eigenvalue weighted by Crippen LogP contribution is 2.29. The third-order valence-electron chi connectivity index (χ3n) is 5.88. The molecule has 2 saturated heterocycles. The normalized spacial score (nSPS) is 17.0. The fourth-order valence-corrected chi connectivity index (χ4v) is 3.93. The summed E-state index contributed by atoms with van der Waals surface area (Å²) in [6.45, 7) is 1.44. The second-order valence-electron chi connectivity index (χ2n) is 8.05. The molecule has 0 unspecified atom stereocenters. The minimum Gasteiger partial charge on any atom is -0.484 e. The molecule has 0 aliphatic carbocycles. The van der Waals surface area contributed by atoms with E-state index in [2.05, 4.69) is 15.5 Å². The summed E-state index contributed by atoms with van der Waals surface area (Å²) in [7, 11) is 0. The molecule has 2 aliphatic heterocycles. The van der Waals surface area contributed by atoms with Gasteiger partial charge in [0.25, 0.3) is 11.8 Å². The average Bonchev–Trinajstić information content (AvgIpc) is 3.46. The summed E-state index contributed by atoms with van der Waals surface area (Å²) in [5.74, 6) is 0.765. The number of carbonyl (C=O) groups excluding carboxylic acids is 2. The van der Waals surface area contributed by atoms with Crippen LogP contribution in [0.1, 0.15) is 12.8 Å². The van der Waals surface area contributed by atoms with Crippen molar-refractivity contribution in [3.63, 3.8) is 0 Å². The number of alkyl carbamates (subject to hydrolysis) is 1. The van der Waals surface area contributed by atoms with Crippen LogP contribution in [0.3, 0.4) is 0 Å². The Kier molecular flexibility index (Phi) is 5.41. The van der Waals surface area contributed by atoms with Crippen LogP contribution >= 0.6 is 0 Å². The van der Waals surface area contributed by atoms with Gasteiger partial charge in [0, 0.05) is 37.1 Å². The van der Waals surface area contributed by atoms with Crippen molar-refractivity contribution >= 4 is 12.0 Å². The van der Waals surface area contributed by atoms with Gasteiger partial charge in [0.1, 0.15) is 17.2 Å². The number of ether oxygens (including phenoxy) is 2. The average molecular weight is 452 g/mol. The first-order chi connectivity index (χ1) is 16.0. The number of halogens is 1. The maximum Gasteiger partial charge on any atom is 0.407 e. The maximum absolute atomic E-state index is 13.1. The quantitative estimate of drug-likeness (QED) is 0.634. The Morgan fingerprint density at radius 3 is 2.45 bits per heavy atom. The summed E-state index contributed by atoms with van der Waals surface area (Å²) in [6.07, 6.45) is 0.820. The first-order valence-corrected chi connectivity index (χ1v) is 10.6. The van der Waals surface area contributed by atoms with Crippen molar-refractivity contribution in [2.45, 2.75) is 18.4 Å². The van der Waals surface area contributed by atoms with Crippen molar-refractivity contribution in [3.8, 4) is 28.6 Å². The van der Waals surface area contributed by atoms with Gasteiger partial charge in [-0.2, -0.15) is 4.98 Å². The number of piperidine rings is 1. The summed E-state index contributed by atoms with van der Waals surface area (Å²) >= 11 is 0. The largest absolute Gasteiger partial charge is 0.484 e. The summed E-state index contributed by atoms with van der Waals surface area (Å²) in [6, 6.07) is 12.8. The molecule has 170 valence electrons. The Hall–Kier alpha value is -3.95. The Labute approximate surface area is 188 Å².